The summed E-state index contributed by atoms with van der Waals surface area (Å²) in [5, 5.41) is 7.91. The normalized spacial score (nSPS) is 10.9. The summed E-state index contributed by atoms with van der Waals surface area (Å²) in [7, 11) is 1.56. The maximum absolute atomic E-state index is 12.3. The van der Waals surface area contributed by atoms with Crippen molar-refractivity contribution in [2.24, 2.45) is 0 Å². The number of halogens is 1. The van der Waals surface area contributed by atoms with E-state index in [9.17, 15) is 4.79 Å². The maximum Gasteiger partial charge on any atom is 0.319 e. The molecule has 7 heteroatoms. The number of nitrogens with one attached hydrogen (secondary N) is 2. The van der Waals surface area contributed by atoms with Crippen molar-refractivity contribution in [1.82, 2.24) is 10.3 Å². The van der Waals surface area contributed by atoms with Gasteiger partial charge in [-0.3, -0.25) is 0 Å². The van der Waals surface area contributed by atoms with Crippen LogP contribution in [0.4, 0.5) is 10.5 Å². The maximum atomic E-state index is 12.3. The van der Waals surface area contributed by atoms with Crippen LogP contribution in [0.5, 0.6) is 5.75 Å². The van der Waals surface area contributed by atoms with Gasteiger partial charge >= 0.3 is 6.03 Å². The third kappa shape index (κ3) is 3.52. The molecule has 0 aliphatic heterocycles. The number of carbonyl (C=O) groups excluding carboxylic acids is 1. The van der Waals surface area contributed by atoms with Crippen LogP contribution in [-0.2, 0) is 6.54 Å². The third-order valence-corrected chi connectivity index (χ3v) is 4.41. The summed E-state index contributed by atoms with van der Waals surface area (Å²) < 4.78 is 11.3. The fourth-order valence-electron chi connectivity index (χ4n) is 2.88. The van der Waals surface area contributed by atoms with Crippen molar-refractivity contribution in [2.75, 3.05) is 12.4 Å². The molecule has 2 amide bonds. The molecule has 2 aromatic heterocycles. The average Bonchev–Trinajstić information content (AvgIpc) is 3.04. The van der Waals surface area contributed by atoms with E-state index in [4.69, 9.17) is 20.8 Å². The lowest BCUT2D eigenvalue weighted by Gasteiger charge is -2.11. The highest BCUT2D eigenvalue weighted by Crippen LogP contribution is 2.36. The third-order valence-electron chi connectivity index (χ3n) is 4.19. The van der Waals surface area contributed by atoms with Gasteiger partial charge in [0.25, 0.3) is 0 Å². The first-order valence-corrected chi connectivity index (χ1v) is 8.66. The first-order chi connectivity index (χ1) is 13.1. The van der Waals surface area contributed by atoms with Crippen LogP contribution in [0.3, 0.4) is 0 Å². The number of amides is 2. The van der Waals surface area contributed by atoms with E-state index in [1.54, 1.807) is 31.5 Å². The molecule has 0 atom stereocenters. The van der Waals surface area contributed by atoms with E-state index in [1.807, 2.05) is 30.3 Å². The zero-order valence-electron chi connectivity index (χ0n) is 14.5. The smallest absolute Gasteiger partial charge is 0.319 e. The highest BCUT2D eigenvalue weighted by Gasteiger charge is 2.14. The summed E-state index contributed by atoms with van der Waals surface area (Å²) in [4.78, 5) is 16.3. The molecule has 0 spiro atoms. The minimum atomic E-state index is -0.362. The van der Waals surface area contributed by atoms with Crippen LogP contribution in [-0.4, -0.2) is 18.1 Å². The Hall–Kier alpha value is -3.25. The summed E-state index contributed by atoms with van der Waals surface area (Å²) in [5.74, 6) is 0.553. The van der Waals surface area contributed by atoms with Crippen LogP contribution in [0.1, 0.15) is 5.56 Å². The van der Waals surface area contributed by atoms with E-state index in [0.717, 1.165) is 21.9 Å². The molecule has 136 valence electrons. The van der Waals surface area contributed by atoms with Gasteiger partial charge in [0.05, 0.1) is 12.8 Å². The molecule has 0 unspecified atom stereocenters. The number of hydrogen-bond acceptors (Lipinski definition) is 4. The Bertz CT molecular complexity index is 1120. The van der Waals surface area contributed by atoms with Gasteiger partial charge in [-0.15, -0.1) is 0 Å². The molecule has 4 aromatic rings. The number of pyridine rings is 1. The van der Waals surface area contributed by atoms with Crippen molar-refractivity contribution in [1.29, 1.82) is 0 Å². The Labute approximate surface area is 160 Å². The van der Waals surface area contributed by atoms with Gasteiger partial charge in [0.15, 0.2) is 0 Å². The Kier molecular flexibility index (Phi) is 4.56. The van der Waals surface area contributed by atoms with Crippen LogP contribution < -0.4 is 15.4 Å². The molecule has 27 heavy (non-hydrogen) atoms. The number of carbonyl (C=O) groups is 1. The topological polar surface area (TPSA) is 76.4 Å². The average molecular weight is 382 g/mol. The number of para-hydroxylation sites is 1. The number of benzene rings is 2. The quantitative estimate of drug-likeness (QED) is 0.489. The summed E-state index contributed by atoms with van der Waals surface area (Å²) in [6.45, 7) is 0.325. The number of ether oxygens (including phenoxy) is 1. The van der Waals surface area contributed by atoms with Crippen LogP contribution >= 0.6 is 11.6 Å². The number of hydrogen-bond donors (Lipinski definition) is 2. The molecular formula is C20H16ClN3O3. The first kappa shape index (κ1) is 17.2. The minimum Gasteiger partial charge on any atom is -0.495 e. The zero-order valence-corrected chi connectivity index (χ0v) is 15.2. The molecule has 0 aliphatic rings. The largest absolute Gasteiger partial charge is 0.495 e. The van der Waals surface area contributed by atoms with Crippen molar-refractivity contribution in [2.45, 2.75) is 6.54 Å². The van der Waals surface area contributed by atoms with Crippen molar-refractivity contribution in [3.63, 3.8) is 0 Å². The highest BCUT2D eigenvalue weighted by atomic mass is 35.5. The lowest BCUT2D eigenvalue weighted by Crippen LogP contribution is -2.28. The number of aromatic nitrogens is 1. The van der Waals surface area contributed by atoms with Crippen molar-refractivity contribution < 1.29 is 13.9 Å². The molecule has 2 aromatic carbocycles. The molecule has 2 heterocycles. The van der Waals surface area contributed by atoms with Crippen LogP contribution in [0.25, 0.3) is 21.9 Å². The molecular weight excluding hydrogens is 366 g/mol. The van der Waals surface area contributed by atoms with Gasteiger partial charge in [-0.05, 0) is 23.8 Å². The number of nitrogens with zero attached hydrogens (tertiary/aromatic N) is 1. The van der Waals surface area contributed by atoms with Gasteiger partial charge in [0.1, 0.15) is 22.1 Å². The number of methoxy groups -OCH3 is 1. The molecule has 0 saturated carbocycles. The fourth-order valence-corrected chi connectivity index (χ4v) is 2.99. The number of furan rings is 1. The second kappa shape index (κ2) is 7.17. The summed E-state index contributed by atoms with van der Waals surface area (Å²) in [6.07, 6.45) is 1.61. The molecule has 0 aliphatic carbocycles. The van der Waals surface area contributed by atoms with Gasteiger partial charge < -0.3 is 19.8 Å². The standard InChI is InChI=1S/C20H16ClN3O3/c1-26-18-8-14-13-4-2-3-5-16(13)27-17(14)9-15(18)24-20(25)23-11-12-6-7-19(21)22-10-12/h2-10H,11H2,1H3,(H2,23,24,25). The van der Waals surface area contributed by atoms with E-state index >= 15 is 0 Å². The van der Waals surface area contributed by atoms with Gasteiger partial charge in [-0.1, -0.05) is 35.9 Å². The fraction of sp³-hybridized carbons (Fsp3) is 0.100. The number of rotatable bonds is 4. The SMILES string of the molecule is COc1cc2c(cc1NC(=O)NCc1ccc(Cl)nc1)oc1ccccc12. The van der Waals surface area contributed by atoms with E-state index in [0.29, 0.717) is 28.7 Å². The van der Waals surface area contributed by atoms with Crippen LogP contribution in [0.15, 0.2) is 59.1 Å². The second-order valence-electron chi connectivity index (χ2n) is 5.94. The summed E-state index contributed by atoms with van der Waals surface area (Å²) >= 11 is 5.76. The van der Waals surface area contributed by atoms with E-state index in [-0.39, 0.29) is 6.03 Å². The van der Waals surface area contributed by atoms with Gasteiger partial charge in [-0.2, -0.15) is 0 Å². The Morgan fingerprint density at radius 2 is 2.00 bits per heavy atom. The van der Waals surface area contributed by atoms with E-state index < -0.39 is 0 Å². The molecule has 2 N–H and O–H groups in total. The Balaban J connectivity index is 1.56. The molecule has 6 nitrogen and oxygen atoms in total. The first-order valence-electron chi connectivity index (χ1n) is 8.28. The Morgan fingerprint density at radius 1 is 1.15 bits per heavy atom. The van der Waals surface area contributed by atoms with Gasteiger partial charge in [-0.25, -0.2) is 9.78 Å². The van der Waals surface area contributed by atoms with Gasteiger partial charge in [0.2, 0.25) is 0 Å². The molecule has 0 fully saturated rings. The lowest BCUT2D eigenvalue weighted by atomic mass is 10.1. The predicted molar refractivity (Wildman–Crippen MR) is 105 cm³/mol. The zero-order chi connectivity index (χ0) is 18.8. The summed E-state index contributed by atoms with van der Waals surface area (Å²) in [5.41, 5.74) is 2.82. The number of urea groups is 1. The molecule has 0 bridgehead atoms. The second-order valence-corrected chi connectivity index (χ2v) is 6.33. The van der Waals surface area contributed by atoms with E-state index in [1.165, 1.54) is 0 Å². The van der Waals surface area contributed by atoms with Crippen molar-refractivity contribution in [3.05, 3.63) is 65.4 Å². The predicted octanol–water partition coefficient (Wildman–Crippen LogP) is 4.96. The summed E-state index contributed by atoms with van der Waals surface area (Å²) in [6, 6.07) is 14.5. The highest BCUT2D eigenvalue weighted by molar-refractivity contribution is 6.29. The van der Waals surface area contributed by atoms with Crippen LogP contribution in [0, 0.1) is 0 Å². The van der Waals surface area contributed by atoms with Crippen molar-refractivity contribution >= 4 is 45.3 Å². The van der Waals surface area contributed by atoms with Crippen molar-refractivity contribution in [3.8, 4) is 5.75 Å². The van der Waals surface area contributed by atoms with Crippen LogP contribution in [0.2, 0.25) is 5.15 Å². The van der Waals surface area contributed by atoms with E-state index in [2.05, 4.69) is 15.6 Å². The minimum absolute atomic E-state index is 0.325. The number of anilines is 1. The Morgan fingerprint density at radius 3 is 2.78 bits per heavy atom. The molecule has 0 saturated heterocycles. The number of fused-ring (bicyclic) bond motifs is 3. The molecule has 0 radical (unpaired) electrons. The lowest BCUT2D eigenvalue weighted by molar-refractivity contribution is 0.251. The molecule has 4 rings (SSSR count). The monoisotopic (exact) mass is 381 g/mol. The van der Waals surface area contributed by atoms with Gasteiger partial charge in [0, 0.05) is 29.6 Å².